The zero-order valence-corrected chi connectivity index (χ0v) is 13.0. The molecule has 1 fully saturated rings. The summed E-state index contributed by atoms with van der Waals surface area (Å²) in [5.41, 5.74) is 9.30. The molecule has 1 aliphatic heterocycles. The predicted molar refractivity (Wildman–Crippen MR) is 85.8 cm³/mol. The Morgan fingerprint density at radius 1 is 1.35 bits per heavy atom. The lowest BCUT2D eigenvalue weighted by atomic mass is 9.99. The van der Waals surface area contributed by atoms with E-state index in [1.165, 1.54) is 11.1 Å². The first-order valence-corrected chi connectivity index (χ1v) is 7.55. The highest BCUT2D eigenvalue weighted by Crippen LogP contribution is 2.19. The van der Waals surface area contributed by atoms with Crippen LogP contribution in [-0.4, -0.2) is 28.4 Å². The summed E-state index contributed by atoms with van der Waals surface area (Å²) in [6.45, 7) is 4.92. The van der Waals surface area contributed by atoms with Crippen LogP contribution in [0.5, 0.6) is 0 Å². The lowest BCUT2D eigenvalue weighted by Gasteiger charge is -2.35. The molecule has 0 saturated carbocycles. The van der Waals surface area contributed by atoms with Crippen LogP contribution in [0, 0.1) is 13.8 Å². The fourth-order valence-corrected chi connectivity index (χ4v) is 2.96. The van der Waals surface area contributed by atoms with Gasteiger partial charge in [-0.1, -0.05) is 30.4 Å². The molecule has 1 unspecified atom stereocenters. The Balaban J connectivity index is 2.09. The number of nitrogens with zero attached hydrogens (tertiary/aromatic N) is 1. The van der Waals surface area contributed by atoms with Crippen LogP contribution < -0.4 is 5.73 Å². The van der Waals surface area contributed by atoms with Crippen molar-refractivity contribution >= 4 is 23.1 Å². The van der Waals surface area contributed by atoms with Crippen molar-refractivity contribution in [2.24, 2.45) is 5.73 Å². The third kappa shape index (κ3) is 3.37. The number of thiocarbonyl (C=S) groups is 1. The van der Waals surface area contributed by atoms with E-state index >= 15 is 0 Å². The van der Waals surface area contributed by atoms with Crippen molar-refractivity contribution in [1.29, 1.82) is 0 Å². The number of nitrogens with two attached hydrogens (primary N) is 1. The highest BCUT2D eigenvalue weighted by molar-refractivity contribution is 7.80. The van der Waals surface area contributed by atoms with Crippen LogP contribution in [0.15, 0.2) is 18.2 Å². The van der Waals surface area contributed by atoms with E-state index in [1.54, 1.807) is 0 Å². The second-order valence-corrected chi connectivity index (χ2v) is 6.07. The van der Waals surface area contributed by atoms with Gasteiger partial charge in [-0.15, -0.1) is 0 Å². The first-order valence-electron chi connectivity index (χ1n) is 7.14. The SMILES string of the molecule is Cc1ccc(CC(=O)N2CCCCC2C(N)=S)cc1C. The van der Waals surface area contributed by atoms with Crippen LogP contribution in [0.2, 0.25) is 0 Å². The molecule has 1 aromatic carbocycles. The number of carbonyl (C=O) groups excluding carboxylic acids is 1. The summed E-state index contributed by atoms with van der Waals surface area (Å²) in [7, 11) is 0. The first-order chi connectivity index (χ1) is 9.49. The molecule has 1 aliphatic rings. The number of hydrogen-bond acceptors (Lipinski definition) is 2. The van der Waals surface area contributed by atoms with Crippen molar-refractivity contribution < 1.29 is 4.79 Å². The Kier molecular flexibility index (Phi) is 4.76. The van der Waals surface area contributed by atoms with Crippen molar-refractivity contribution in [1.82, 2.24) is 4.90 Å². The minimum atomic E-state index is -0.0576. The summed E-state index contributed by atoms with van der Waals surface area (Å²) < 4.78 is 0. The number of rotatable bonds is 3. The maximum atomic E-state index is 12.5. The summed E-state index contributed by atoms with van der Waals surface area (Å²) in [6.07, 6.45) is 3.46. The molecule has 1 saturated heterocycles. The summed E-state index contributed by atoms with van der Waals surface area (Å²) in [5, 5.41) is 0. The zero-order valence-electron chi connectivity index (χ0n) is 12.2. The smallest absolute Gasteiger partial charge is 0.227 e. The van der Waals surface area contributed by atoms with Crippen LogP contribution >= 0.6 is 12.2 Å². The van der Waals surface area contributed by atoms with Gasteiger partial charge in [0.15, 0.2) is 0 Å². The fourth-order valence-electron chi connectivity index (χ4n) is 2.72. The third-order valence-electron chi connectivity index (χ3n) is 4.08. The Bertz CT molecular complexity index is 527. The molecule has 1 aromatic rings. The van der Waals surface area contributed by atoms with Gasteiger partial charge in [0.25, 0.3) is 0 Å². The topological polar surface area (TPSA) is 46.3 Å². The first kappa shape index (κ1) is 15.0. The highest BCUT2D eigenvalue weighted by atomic mass is 32.1. The molecule has 20 heavy (non-hydrogen) atoms. The van der Waals surface area contributed by atoms with Gasteiger partial charge in [0.1, 0.15) is 0 Å². The number of aryl methyl sites for hydroxylation is 2. The van der Waals surface area contributed by atoms with Gasteiger partial charge in [-0.2, -0.15) is 0 Å². The maximum Gasteiger partial charge on any atom is 0.227 e. The Morgan fingerprint density at radius 2 is 2.10 bits per heavy atom. The van der Waals surface area contributed by atoms with Gasteiger partial charge in [0, 0.05) is 6.54 Å². The maximum absolute atomic E-state index is 12.5. The van der Waals surface area contributed by atoms with E-state index in [-0.39, 0.29) is 11.9 Å². The number of amides is 1. The third-order valence-corrected chi connectivity index (χ3v) is 4.35. The second-order valence-electron chi connectivity index (χ2n) is 5.60. The lowest BCUT2D eigenvalue weighted by molar-refractivity contribution is -0.132. The Hall–Kier alpha value is -1.42. The molecule has 0 aromatic heterocycles. The highest BCUT2D eigenvalue weighted by Gasteiger charge is 2.28. The standard InChI is InChI=1S/C16H22N2OS/c1-11-6-7-13(9-12(11)2)10-15(19)18-8-4-3-5-14(18)16(17)20/h6-7,9,14H,3-5,8,10H2,1-2H3,(H2,17,20). The van der Waals surface area contributed by atoms with Crippen LogP contribution in [0.1, 0.15) is 36.0 Å². The summed E-state index contributed by atoms with van der Waals surface area (Å²) in [6, 6.07) is 6.13. The van der Waals surface area contributed by atoms with Gasteiger partial charge in [0.2, 0.25) is 5.91 Å². The number of hydrogen-bond donors (Lipinski definition) is 1. The van der Waals surface area contributed by atoms with E-state index in [1.807, 2.05) is 11.0 Å². The predicted octanol–water partition coefficient (Wildman–Crippen LogP) is 2.51. The Morgan fingerprint density at radius 3 is 2.75 bits per heavy atom. The van der Waals surface area contributed by atoms with Crippen LogP contribution in [-0.2, 0) is 11.2 Å². The largest absolute Gasteiger partial charge is 0.392 e. The molecular weight excluding hydrogens is 268 g/mol. The van der Waals surface area contributed by atoms with Gasteiger partial charge in [-0.3, -0.25) is 4.79 Å². The van der Waals surface area contributed by atoms with Crippen molar-refractivity contribution in [3.8, 4) is 0 Å². The summed E-state index contributed by atoms with van der Waals surface area (Å²) >= 11 is 5.10. The minimum absolute atomic E-state index is 0.0576. The monoisotopic (exact) mass is 290 g/mol. The average molecular weight is 290 g/mol. The normalized spacial score (nSPS) is 18.9. The van der Waals surface area contributed by atoms with Crippen LogP contribution in [0.25, 0.3) is 0 Å². The van der Waals surface area contributed by atoms with Crippen LogP contribution in [0.3, 0.4) is 0 Å². The zero-order chi connectivity index (χ0) is 14.7. The quantitative estimate of drug-likeness (QED) is 0.870. The molecule has 108 valence electrons. The number of piperidine rings is 1. The van der Waals surface area contributed by atoms with E-state index in [2.05, 4.69) is 26.0 Å². The van der Waals surface area contributed by atoms with Crippen molar-refractivity contribution in [2.45, 2.75) is 45.6 Å². The lowest BCUT2D eigenvalue weighted by Crippen LogP contribution is -2.50. The summed E-state index contributed by atoms with van der Waals surface area (Å²) in [5.74, 6) is 0.130. The number of carbonyl (C=O) groups is 1. The molecule has 2 N–H and O–H groups in total. The molecule has 0 aliphatic carbocycles. The average Bonchev–Trinajstić information content (AvgIpc) is 2.43. The van der Waals surface area contributed by atoms with Crippen molar-refractivity contribution in [3.05, 3.63) is 34.9 Å². The van der Waals surface area contributed by atoms with E-state index < -0.39 is 0 Å². The Labute approximate surface area is 126 Å². The number of likely N-dealkylation sites (tertiary alicyclic amines) is 1. The van der Waals surface area contributed by atoms with Gasteiger partial charge in [0.05, 0.1) is 17.5 Å². The van der Waals surface area contributed by atoms with E-state index in [0.717, 1.165) is 31.4 Å². The van der Waals surface area contributed by atoms with Gasteiger partial charge >= 0.3 is 0 Å². The molecule has 0 spiro atoms. The van der Waals surface area contributed by atoms with Crippen molar-refractivity contribution in [3.63, 3.8) is 0 Å². The summed E-state index contributed by atoms with van der Waals surface area (Å²) in [4.78, 5) is 14.8. The van der Waals surface area contributed by atoms with E-state index in [0.29, 0.717) is 11.4 Å². The molecule has 3 nitrogen and oxygen atoms in total. The fraction of sp³-hybridized carbons (Fsp3) is 0.500. The molecule has 1 atom stereocenters. The molecule has 4 heteroatoms. The number of benzene rings is 1. The molecule has 2 rings (SSSR count). The van der Waals surface area contributed by atoms with Gasteiger partial charge in [-0.05, 0) is 49.8 Å². The van der Waals surface area contributed by atoms with E-state index in [4.69, 9.17) is 18.0 Å². The van der Waals surface area contributed by atoms with Crippen molar-refractivity contribution in [2.75, 3.05) is 6.54 Å². The molecule has 0 bridgehead atoms. The van der Waals surface area contributed by atoms with Crippen LogP contribution in [0.4, 0.5) is 0 Å². The minimum Gasteiger partial charge on any atom is -0.392 e. The van der Waals surface area contributed by atoms with Gasteiger partial charge < -0.3 is 10.6 Å². The molecule has 1 heterocycles. The van der Waals surface area contributed by atoms with E-state index in [9.17, 15) is 4.79 Å². The van der Waals surface area contributed by atoms with Gasteiger partial charge in [-0.25, -0.2) is 0 Å². The molecular formula is C16H22N2OS. The second kappa shape index (κ2) is 6.35. The molecule has 1 amide bonds. The molecule has 0 radical (unpaired) electrons.